The largest absolute Gasteiger partial charge is 0.417 e. The summed E-state index contributed by atoms with van der Waals surface area (Å²) in [5.74, 6) is -0.499. The molecule has 0 radical (unpaired) electrons. The standard InChI is InChI=1S/C18H9ClF4N4/c19-14-6-12(18(21,22)23)9-25-17(14)10(7-24)5-11-8-26-27-16(11)13-3-1-2-4-15(13)20/h1-6,8-9H,(H,26,27)/b10-5+. The number of nitriles is 1. The Labute approximate surface area is 155 Å². The quantitative estimate of drug-likeness (QED) is 0.483. The summed E-state index contributed by atoms with van der Waals surface area (Å²) in [5, 5.41) is 15.6. The molecule has 0 amide bonds. The average molecular weight is 393 g/mol. The van der Waals surface area contributed by atoms with Gasteiger partial charge in [0.15, 0.2) is 0 Å². The molecule has 0 saturated heterocycles. The fourth-order valence-corrected chi connectivity index (χ4v) is 2.65. The van der Waals surface area contributed by atoms with Gasteiger partial charge in [-0.1, -0.05) is 23.7 Å². The Balaban J connectivity index is 2.07. The molecular weight excluding hydrogens is 384 g/mol. The van der Waals surface area contributed by atoms with Crippen molar-refractivity contribution in [2.24, 2.45) is 0 Å². The first-order valence-corrected chi connectivity index (χ1v) is 7.82. The Hall–Kier alpha value is -3.18. The second-order valence-corrected chi connectivity index (χ2v) is 5.81. The number of aromatic nitrogens is 3. The fraction of sp³-hybridized carbons (Fsp3) is 0.0556. The first-order valence-electron chi connectivity index (χ1n) is 7.44. The van der Waals surface area contributed by atoms with E-state index in [0.717, 1.165) is 0 Å². The molecule has 4 nitrogen and oxygen atoms in total. The van der Waals surface area contributed by atoms with Crippen LogP contribution in [-0.4, -0.2) is 15.2 Å². The zero-order valence-corrected chi connectivity index (χ0v) is 14.1. The summed E-state index contributed by atoms with van der Waals surface area (Å²) in [6.07, 6.45) is -1.32. The highest BCUT2D eigenvalue weighted by Crippen LogP contribution is 2.33. The van der Waals surface area contributed by atoms with Gasteiger partial charge >= 0.3 is 6.18 Å². The van der Waals surface area contributed by atoms with Crippen LogP contribution in [0.25, 0.3) is 22.9 Å². The van der Waals surface area contributed by atoms with Crippen molar-refractivity contribution >= 4 is 23.3 Å². The number of H-pyrrole nitrogens is 1. The number of hydrogen-bond donors (Lipinski definition) is 1. The van der Waals surface area contributed by atoms with Gasteiger partial charge in [-0.25, -0.2) is 4.39 Å². The maximum absolute atomic E-state index is 14.0. The molecule has 0 fully saturated rings. The Bertz CT molecular complexity index is 1060. The number of nitrogens with zero attached hydrogens (tertiary/aromatic N) is 3. The smallest absolute Gasteiger partial charge is 0.277 e. The predicted molar refractivity (Wildman–Crippen MR) is 91.7 cm³/mol. The second kappa shape index (κ2) is 7.21. The van der Waals surface area contributed by atoms with Crippen molar-refractivity contribution in [2.45, 2.75) is 6.18 Å². The van der Waals surface area contributed by atoms with Crippen molar-refractivity contribution in [3.8, 4) is 17.3 Å². The molecule has 0 aliphatic rings. The van der Waals surface area contributed by atoms with Gasteiger partial charge in [0, 0.05) is 17.3 Å². The molecule has 0 saturated carbocycles. The maximum Gasteiger partial charge on any atom is 0.417 e. The van der Waals surface area contributed by atoms with Gasteiger partial charge in [-0.2, -0.15) is 23.5 Å². The molecule has 0 aliphatic carbocycles. The molecule has 27 heavy (non-hydrogen) atoms. The van der Waals surface area contributed by atoms with Gasteiger partial charge in [0.1, 0.15) is 11.9 Å². The Morgan fingerprint density at radius 2 is 1.96 bits per heavy atom. The van der Waals surface area contributed by atoms with Gasteiger partial charge in [0.2, 0.25) is 0 Å². The summed E-state index contributed by atoms with van der Waals surface area (Å²) in [4.78, 5) is 3.67. The van der Waals surface area contributed by atoms with Gasteiger partial charge in [-0.05, 0) is 24.3 Å². The zero-order chi connectivity index (χ0) is 19.6. The van der Waals surface area contributed by atoms with Crippen LogP contribution in [0, 0.1) is 17.1 Å². The van der Waals surface area contributed by atoms with Crippen molar-refractivity contribution in [2.75, 3.05) is 0 Å². The summed E-state index contributed by atoms with van der Waals surface area (Å²) >= 11 is 5.89. The Kier molecular flexibility index (Phi) is 4.97. The molecular formula is C18H9ClF4N4. The molecule has 0 unspecified atom stereocenters. The molecule has 0 bridgehead atoms. The minimum Gasteiger partial charge on any atom is -0.277 e. The average Bonchev–Trinajstić information content (AvgIpc) is 3.07. The number of aromatic amines is 1. The van der Waals surface area contributed by atoms with Crippen LogP contribution < -0.4 is 0 Å². The first-order chi connectivity index (χ1) is 12.8. The van der Waals surface area contributed by atoms with E-state index >= 15 is 0 Å². The summed E-state index contributed by atoms with van der Waals surface area (Å²) < 4.78 is 52.2. The number of hydrogen-bond acceptors (Lipinski definition) is 3. The molecule has 2 aromatic heterocycles. The summed E-state index contributed by atoms with van der Waals surface area (Å²) in [5.41, 5.74) is -0.340. The number of pyridine rings is 1. The van der Waals surface area contributed by atoms with Crippen LogP contribution in [0.4, 0.5) is 17.6 Å². The minimum atomic E-state index is -4.60. The molecule has 136 valence electrons. The van der Waals surface area contributed by atoms with Crippen LogP contribution in [-0.2, 0) is 6.18 Å². The van der Waals surface area contributed by atoms with E-state index in [1.54, 1.807) is 6.07 Å². The van der Waals surface area contributed by atoms with E-state index in [9.17, 15) is 22.8 Å². The SMILES string of the molecule is N#C/C(=C\c1cn[nH]c1-c1ccccc1F)c1ncc(C(F)(F)F)cc1Cl. The van der Waals surface area contributed by atoms with Crippen molar-refractivity contribution in [1.29, 1.82) is 5.26 Å². The van der Waals surface area contributed by atoms with Crippen LogP contribution in [0.5, 0.6) is 0 Å². The van der Waals surface area contributed by atoms with Crippen molar-refractivity contribution in [3.05, 3.63) is 70.4 Å². The molecule has 1 N–H and O–H groups in total. The Morgan fingerprint density at radius 3 is 2.59 bits per heavy atom. The lowest BCUT2D eigenvalue weighted by molar-refractivity contribution is -0.137. The van der Waals surface area contributed by atoms with E-state index in [4.69, 9.17) is 11.6 Å². The molecule has 0 spiro atoms. The molecule has 2 heterocycles. The highest BCUT2D eigenvalue weighted by molar-refractivity contribution is 6.32. The van der Waals surface area contributed by atoms with Gasteiger partial charge in [0.25, 0.3) is 0 Å². The molecule has 0 aliphatic heterocycles. The fourth-order valence-electron chi connectivity index (χ4n) is 2.38. The van der Waals surface area contributed by atoms with E-state index in [2.05, 4.69) is 15.2 Å². The van der Waals surface area contributed by atoms with Crippen molar-refractivity contribution in [1.82, 2.24) is 15.2 Å². The first kappa shape index (κ1) is 18.6. The lowest BCUT2D eigenvalue weighted by Crippen LogP contribution is -2.06. The maximum atomic E-state index is 14.0. The van der Waals surface area contributed by atoms with Gasteiger partial charge in [-0.15, -0.1) is 0 Å². The van der Waals surface area contributed by atoms with E-state index in [1.807, 2.05) is 6.07 Å². The monoisotopic (exact) mass is 392 g/mol. The summed E-state index contributed by atoms with van der Waals surface area (Å²) in [6, 6.07) is 8.49. The Morgan fingerprint density at radius 1 is 1.22 bits per heavy atom. The third kappa shape index (κ3) is 3.83. The summed E-state index contributed by atoms with van der Waals surface area (Å²) in [7, 11) is 0. The lowest BCUT2D eigenvalue weighted by atomic mass is 10.0. The predicted octanol–water partition coefficient (Wildman–Crippen LogP) is 5.35. The van der Waals surface area contributed by atoms with Gasteiger partial charge in [0.05, 0.1) is 33.7 Å². The van der Waals surface area contributed by atoms with Crippen LogP contribution in [0.3, 0.4) is 0 Å². The lowest BCUT2D eigenvalue weighted by Gasteiger charge is -2.08. The van der Waals surface area contributed by atoms with Crippen molar-refractivity contribution in [3.63, 3.8) is 0 Å². The molecule has 3 rings (SSSR count). The second-order valence-electron chi connectivity index (χ2n) is 5.40. The molecule has 1 aromatic carbocycles. The minimum absolute atomic E-state index is 0.0901. The molecule has 9 heteroatoms. The number of alkyl halides is 3. The van der Waals surface area contributed by atoms with Crippen molar-refractivity contribution < 1.29 is 17.6 Å². The molecule has 0 atom stereocenters. The zero-order valence-electron chi connectivity index (χ0n) is 13.4. The third-order valence-electron chi connectivity index (χ3n) is 3.66. The summed E-state index contributed by atoms with van der Waals surface area (Å²) in [6.45, 7) is 0. The van der Waals surface area contributed by atoms with Crippen LogP contribution in [0.2, 0.25) is 5.02 Å². The topological polar surface area (TPSA) is 65.4 Å². The van der Waals surface area contributed by atoms with E-state index in [0.29, 0.717) is 23.5 Å². The highest BCUT2D eigenvalue weighted by atomic mass is 35.5. The normalized spacial score (nSPS) is 12.1. The number of rotatable bonds is 3. The van der Waals surface area contributed by atoms with Gasteiger partial charge in [-0.3, -0.25) is 10.1 Å². The third-order valence-corrected chi connectivity index (χ3v) is 3.94. The molecule has 3 aromatic rings. The number of nitrogens with one attached hydrogen (secondary N) is 1. The van der Waals surface area contributed by atoms with E-state index < -0.39 is 17.6 Å². The number of halogens is 5. The van der Waals surface area contributed by atoms with E-state index in [-0.39, 0.29) is 21.9 Å². The van der Waals surface area contributed by atoms with Crippen LogP contribution in [0.1, 0.15) is 16.8 Å². The number of allylic oxidation sites excluding steroid dienone is 1. The van der Waals surface area contributed by atoms with Gasteiger partial charge < -0.3 is 0 Å². The van der Waals surface area contributed by atoms with Crippen LogP contribution in [0.15, 0.2) is 42.7 Å². The number of benzene rings is 1. The highest BCUT2D eigenvalue weighted by Gasteiger charge is 2.31. The van der Waals surface area contributed by atoms with Crippen LogP contribution >= 0.6 is 11.6 Å². The van der Waals surface area contributed by atoms with E-state index in [1.165, 1.54) is 30.5 Å².